The van der Waals surface area contributed by atoms with Crippen molar-refractivity contribution in [2.45, 2.75) is 13.8 Å². The van der Waals surface area contributed by atoms with Gasteiger partial charge in [0.2, 0.25) is 11.8 Å². The van der Waals surface area contributed by atoms with Crippen LogP contribution in [0.5, 0.6) is 5.75 Å². The molecule has 5 nitrogen and oxygen atoms in total. The van der Waals surface area contributed by atoms with E-state index in [1.807, 2.05) is 30.3 Å². The molecule has 0 radical (unpaired) electrons. The Hall–Kier alpha value is -2.53. The molecule has 0 spiro atoms. The summed E-state index contributed by atoms with van der Waals surface area (Å²) in [5.41, 5.74) is -0.0308. The number of rotatable bonds is 5. The van der Waals surface area contributed by atoms with Gasteiger partial charge in [-0.2, -0.15) is 0 Å². The highest BCUT2D eigenvalue weighted by atomic mass is 35.5. The monoisotopic (exact) mass is 360 g/mol. The third kappa shape index (κ3) is 4.12. The summed E-state index contributed by atoms with van der Waals surface area (Å²) in [7, 11) is 3.16. The van der Waals surface area contributed by atoms with Crippen molar-refractivity contribution in [1.29, 1.82) is 0 Å². The molecule has 0 aliphatic heterocycles. The molecule has 0 saturated carbocycles. The molecule has 25 heavy (non-hydrogen) atoms. The molecule has 0 aromatic heterocycles. The number of nitrogens with one attached hydrogen (secondary N) is 1. The molecule has 2 aromatic rings. The molecule has 0 saturated heterocycles. The van der Waals surface area contributed by atoms with E-state index in [-0.39, 0.29) is 5.91 Å². The second kappa shape index (κ2) is 7.57. The van der Waals surface area contributed by atoms with E-state index in [2.05, 4.69) is 5.32 Å². The zero-order chi connectivity index (χ0) is 18.6. The van der Waals surface area contributed by atoms with Gasteiger partial charge in [0.25, 0.3) is 0 Å². The van der Waals surface area contributed by atoms with E-state index in [4.69, 9.17) is 16.3 Å². The molecular formula is C19H21ClN2O3. The number of benzene rings is 2. The predicted molar refractivity (Wildman–Crippen MR) is 100 cm³/mol. The van der Waals surface area contributed by atoms with E-state index in [0.717, 1.165) is 5.69 Å². The van der Waals surface area contributed by atoms with E-state index < -0.39 is 11.3 Å². The van der Waals surface area contributed by atoms with Crippen molar-refractivity contribution in [3.63, 3.8) is 0 Å². The van der Waals surface area contributed by atoms with Gasteiger partial charge in [-0.15, -0.1) is 0 Å². The first kappa shape index (κ1) is 18.8. The van der Waals surface area contributed by atoms with E-state index in [1.165, 1.54) is 12.0 Å². The number of nitrogens with zero attached hydrogens (tertiary/aromatic N) is 1. The molecule has 0 unspecified atom stereocenters. The number of para-hydroxylation sites is 1. The number of carbonyl (C=O) groups excluding carboxylic acids is 2. The number of methoxy groups -OCH3 is 1. The molecule has 2 amide bonds. The molecule has 0 atom stereocenters. The summed E-state index contributed by atoms with van der Waals surface area (Å²) in [5.74, 6) is -0.212. The lowest BCUT2D eigenvalue weighted by atomic mass is 9.90. The largest absolute Gasteiger partial charge is 0.495 e. The zero-order valence-electron chi connectivity index (χ0n) is 14.7. The smallest absolute Gasteiger partial charge is 0.241 e. The van der Waals surface area contributed by atoms with Gasteiger partial charge < -0.3 is 15.0 Å². The van der Waals surface area contributed by atoms with Crippen molar-refractivity contribution in [2.75, 3.05) is 24.4 Å². The summed E-state index contributed by atoms with van der Waals surface area (Å²) >= 11 is 6.07. The average molecular weight is 361 g/mol. The fourth-order valence-electron chi connectivity index (χ4n) is 2.32. The first-order valence-electron chi connectivity index (χ1n) is 7.75. The lowest BCUT2D eigenvalue weighted by molar-refractivity contribution is -0.136. The van der Waals surface area contributed by atoms with Gasteiger partial charge in [-0.1, -0.05) is 29.8 Å². The maximum Gasteiger partial charge on any atom is 0.241 e. The summed E-state index contributed by atoms with van der Waals surface area (Å²) in [4.78, 5) is 26.9. The number of anilines is 2. The molecule has 0 bridgehead atoms. The summed E-state index contributed by atoms with van der Waals surface area (Å²) in [6.07, 6.45) is 0. The number of hydrogen-bond acceptors (Lipinski definition) is 3. The Labute approximate surface area is 152 Å². The Morgan fingerprint density at radius 1 is 1.12 bits per heavy atom. The number of halogens is 1. The van der Waals surface area contributed by atoms with Gasteiger partial charge in [-0.05, 0) is 44.2 Å². The van der Waals surface area contributed by atoms with Crippen LogP contribution in [-0.4, -0.2) is 26.0 Å². The standard InChI is InChI=1S/C19H21ClN2O3/c1-19(2,18(24)22(3)14-8-6-5-7-9-14)17(23)21-13-10-11-16(25-4)15(20)12-13/h5-12H,1-4H3,(H,21,23). The lowest BCUT2D eigenvalue weighted by Crippen LogP contribution is -2.46. The minimum atomic E-state index is -1.25. The fourth-order valence-corrected chi connectivity index (χ4v) is 2.57. The Balaban J connectivity index is 2.16. The van der Waals surface area contributed by atoms with Crippen LogP contribution in [0.15, 0.2) is 48.5 Å². The van der Waals surface area contributed by atoms with Crippen LogP contribution >= 0.6 is 11.6 Å². The van der Waals surface area contributed by atoms with Crippen LogP contribution in [0.4, 0.5) is 11.4 Å². The van der Waals surface area contributed by atoms with E-state index in [0.29, 0.717) is 16.5 Å². The van der Waals surface area contributed by atoms with E-state index >= 15 is 0 Å². The lowest BCUT2D eigenvalue weighted by Gasteiger charge is -2.28. The molecular weight excluding hydrogens is 340 g/mol. The minimum absolute atomic E-state index is 0.309. The fraction of sp³-hybridized carbons (Fsp3) is 0.263. The third-order valence-electron chi connectivity index (χ3n) is 3.96. The number of ether oxygens (including phenoxy) is 1. The maximum atomic E-state index is 12.8. The molecule has 0 fully saturated rings. The second-order valence-corrected chi connectivity index (χ2v) is 6.54. The Morgan fingerprint density at radius 2 is 1.76 bits per heavy atom. The van der Waals surface area contributed by atoms with Crippen LogP contribution in [-0.2, 0) is 9.59 Å². The van der Waals surface area contributed by atoms with Crippen LogP contribution in [0.3, 0.4) is 0 Å². The van der Waals surface area contributed by atoms with Crippen LogP contribution in [0.2, 0.25) is 5.02 Å². The van der Waals surface area contributed by atoms with Crippen molar-refractivity contribution in [2.24, 2.45) is 5.41 Å². The van der Waals surface area contributed by atoms with Gasteiger partial charge >= 0.3 is 0 Å². The Kier molecular flexibility index (Phi) is 5.69. The molecule has 0 aliphatic carbocycles. The highest BCUT2D eigenvalue weighted by molar-refractivity contribution is 6.32. The van der Waals surface area contributed by atoms with Crippen molar-refractivity contribution in [3.8, 4) is 5.75 Å². The summed E-state index contributed by atoms with van der Waals surface area (Å²) in [6, 6.07) is 14.1. The molecule has 0 heterocycles. The van der Waals surface area contributed by atoms with Gasteiger partial charge in [0.1, 0.15) is 11.2 Å². The molecule has 6 heteroatoms. The Bertz CT molecular complexity index is 775. The third-order valence-corrected chi connectivity index (χ3v) is 4.26. The average Bonchev–Trinajstić information content (AvgIpc) is 2.61. The summed E-state index contributed by atoms with van der Waals surface area (Å²) < 4.78 is 5.09. The number of amides is 2. The molecule has 2 aromatic carbocycles. The first-order valence-corrected chi connectivity index (χ1v) is 8.13. The minimum Gasteiger partial charge on any atom is -0.495 e. The molecule has 2 rings (SSSR count). The summed E-state index contributed by atoms with van der Waals surface area (Å²) in [6.45, 7) is 3.18. The molecule has 132 valence electrons. The summed E-state index contributed by atoms with van der Waals surface area (Å²) in [5, 5.41) is 3.12. The van der Waals surface area contributed by atoms with Crippen molar-refractivity contribution in [3.05, 3.63) is 53.6 Å². The van der Waals surface area contributed by atoms with E-state index in [9.17, 15) is 9.59 Å². The van der Waals surface area contributed by atoms with Gasteiger partial charge in [-0.25, -0.2) is 0 Å². The van der Waals surface area contributed by atoms with Crippen molar-refractivity contribution in [1.82, 2.24) is 0 Å². The van der Waals surface area contributed by atoms with Gasteiger partial charge in [0, 0.05) is 18.4 Å². The SMILES string of the molecule is COc1ccc(NC(=O)C(C)(C)C(=O)N(C)c2ccccc2)cc1Cl. The van der Waals surface area contributed by atoms with Crippen LogP contribution in [0.25, 0.3) is 0 Å². The predicted octanol–water partition coefficient (Wildman–Crippen LogP) is 3.98. The highest BCUT2D eigenvalue weighted by Crippen LogP contribution is 2.29. The zero-order valence-corrected chi connectivity index (χ0v) is 15.4. The van der Waals surface area contributed by atoms with Crippen LogP contribution in [0.1, 0.15) is 13.8 Å². The van der Waals surface area contributed by atoms with Gasteiger partial charge in [0.15, 0.2) is 0 Å². The topological polar surface area (TPSA) is 58.6 Å². The van der Waals surface area contributed by atoms with E-state index in [1.54, 1.807) is 39.1 Å². The van der Waals surface area contributed by atoms with Crippen LogP contribution < -0.4 is 15.0 Å². The number of carbonyl (C=O) groups is 2. The van der Waals surface area contributed by atoms with Gasteiger partial charge in [0.05, 0.1) is 12.1 Å². The molecule has 1 N–H and O–H groups in total. The van der Waals surface area contributed by atoms with Crippen molar-refractivity contribution < 1.29 is 14.3 Å². The quantitative estimate of drug-likeness (QED) is 0.820. The van der Waals surface area contributed by atoms with Gasteiger partial charge in [-0.3, -0.25) is 9.59 Å². The number of hydrogen-bond donors (Lipinski definition) is 1. The Morgan fingerprint density at radius 3 is 2.32 bits per heavy atom. The maximum absolute atomic E-state index is 12.8. The first-order chi connectivity index (χ1) is 11.8. The highest BCUT2D eigenvalue weighted by Gasteiger charge is 2.38. The molecule has 0 aliphatic rings. The second-order valence-electron chi connectivity index (χ2n) is 6.13. The van der Waals surface area contributed by atoms with Crippen LogP contribution in [0, 0.1) is 5.41 Å². The normalized spacial score (nSPS) is 10.9. The van der Waals surface area contributed by atoms with Crippen molar-refractivity contribution >= 4 is 34.8 Å².